The van der Waals surface area contributed by atoms with Crippen molar-refractivity contribution in [1.82, 2.24) is 4.90 Å². The van der Waals surface area contributed by atoms with E-state index in [0.29, 0.717) is 5.75 Å². The van der Waals surface area contributed by atoms with Gasteiger partial charge in [-0.05, 0) is 18.2 Å². The number of nitrogens with zero attached hydrogens (tertiary/aromatic N) is 2. The van der Waals surface area contributed by atoms with Crippen LogP contribution in [0.5, 0.6) is 11.5 Å². The summed E-state index contributed by atoms with van der Waals surface area (Å²) in [6.07, 6.45) is -0.862. The molecule has 146 valence electrons. The lowest BCUT2D eigenvalue weighted by Gasteiger charge is -2.32. The lowest BCUT2D eigenvalue weighted by molar-refractivity contribution is -0.384. The zero-order chi connectivity index (χ0) is 20.1. The second-order valence-corrected chi connectivity index (χ2v) is 6.19. The van der Waals surface area contributed by atoms with Crippen molar-refractivity contribution in [3.63, 3.8) is 0 Å². The van der Waals surface area contributed by atoms with Crippen molar-refractivity contribution >= 4 is 17.6 Å². The molecule has 1 aliphatic rings. The fourth-order valence-corrected chi connectivity index (χ4v) is 2.90. The number of morpholine rings is 1. The molecule has 3 rings (SSSR count). The Labute approximate surface area is 160 Å². The third-order valence-electron chi connectivity index (χ3n) is 4.20. The molecule has 1 N–H and O–H groups in total. The average Bonchev–Trinajstić information content (AvgIpc) is 2.68. The Kier molecular flexibility index (Phi) is 5.85. The summed E-state index contributed by atoms with van der Waals surface area (Å²) in [6.45, 7) is 0.522. The molecule has 0 spiro atoms. The molecule has 1 fully saturated rings. The van der Waals surface area contributed by atoms with E-state index in [4.69, 9.17) is 14.6 Å². The molecule has 28 heavy (non-hydrogen) atoms. The van der Waals surface area contributed by atoms with Gasteiger partial charge in [-0.15, -0.1) is 0 Å². The van der Waals surface area contributed by atoms with E-state index < -0.39 is 22.9 Å². The molecule has 1 heterocycles. The first-order chi connectivity index (χ1) is 13.4. The Morgan fingerprint density at radius 3 is 2.68 bits per heavy atom. The maximum atomic E-state index is 13.0. The third-order valence-corrected chi connectivity index (χ3v) is 4.20. The van der Waals surface area contributed by atoms with Gasteiger partial charge in [0.05, 0.1) is 29.6 Å². The summed E-state index contributed by atoms with van der Waals surface area (Å²) in [5.74, 6) is -0.838. The summed E-state index contributed by atoms with van der Waals surface area (Å²) in [7, 11) is 0. The number of carboxylic acids is 1. The lowest BCUT2D eigenvalue weighted by atomic mass is 10.1. The minimum atomic E-state index is -1.03. The first kappa shape index (κ1) is 19.3. The van der Waals surface area contributed by atoms with Crippen LogP contribution in [0.3, 0.4) is 0 Å². The maximum absolute atomic E-state index is 13.0. The first-order valence-corrected chi connectivity index (χ1v) is 8.58. The number of amides is 1. The van der Waals surface area contributed by atoms with Crippen molar-refractivity contribution < 1.29 is 29.1 Å². The van der Waals surface area contributed by atoms with Crippen LogP contribution in [0.1, 0.15) is 16.8 Å². The molecule has 1 atom stereocenters. The quantitative estimate of drug-likeness (QED) is 0.599. The molecule has 2 aromatic rings. The predicted molar refractivity (Wildman–Crippen MR) is 97.5 cm³/mol. The van der Waals surface area contributed by atoms with Crippen molar-refractivity contribution in [3.8, 4) is 11.5 Å². The summed E-state index contributed by atoms with van der Waals surface area (Å²) in [5.41, 5.74) is -0.201. The van der Waals surface area contributed by atoms with Gasteiger partial charge in [0.25, 0.3) is 11.6 Å². The van der Waals surface area contributed by atoms with Gasteiger partial charge in [-0.2, -0.15) is 0 Å². The van der Waals surface area contributed by atoms with Gasteiger partial charge in [-0.1, -0.05) is 18.2 Å². The summed E-state index contributed by atoms with van der Waals surface area (Å²) >= 11 is 0. The van der Waals surface area contributed by atoms with Gasteiger partial charge in [0.2, 0.25) is 0 Å². The first-order valence-electron chi connectivity index (χ1n) is 8.58. The molecule has 1 amide bonds. The Balaban J connectivity index is 1.89. The number of benzene rings is 2. The Hall–Kier alpha value is -3.46. The number of hydrogen-bond donors (Lipinski definition) is 1. The van der Waals surface area contributed by atoms with Gasteiger partial charge in [-0.3, -0.25) is 19.7 Å². The molecule has 0 radical (unpaired) electrons. The molecule has 0 saturated carbocycles. The van der Waals surface area contributed by atoms with E-state index in [-0.39, 0.29) is 43.1 Å². The molecule has 0 bridgehead atoms. The Bertz CT molecular complexity index is 885. The van der Waals surface area contributed by atoms with E-state index in [1.807, 2.05) is 6.07 Å². The maximum Gasteiger partial charge on any atom is 0.306 e. The van der Waals surface area contributed by atoms with E-state index in [1.54, 1.807) is 24.3 Å². The number of para-hydroxylation sites is 1. The van der Waals surface area contributed by atoms with Gasteiger partial charge in [0.15, 0.2) is 0 Å². The van der Waals surface area contributed by atoms with E-state index in [1.165, 1.54) is 23.1 Å². The number of non-ortho nitro benzene ring substituents is 1. The van der Waals surface area contributed by atoms with Crippen molar-refractivity contribution in [1.29, 1.82) is 0 Å². The summed E-state index contributed by atoms with van der Waals surface area (Å²) in [5, 5.41) is 20.1. The molecule has 1 unspecified atom stereocenters. The van der Waals surface area contributed by atoms with Gasteiger partial charge in [0, 0.05) is 25.2 Å². The van der Waals surface area contributed by atoms with Crippen LogP contribution < -0.4 is 4.74 Å². The normalized spacial score (nSPS) is 16.4. The SMILES string of the molecule is O=C(O)CC1CN(C(=O)c2cc([N+](=O)[O-])ccc2Oc2ccccc2)CCO1. The third kappa shape index (κ3) is 4.63. The van der Waals surface area contributed by atoms with E-state index >= 15 is 0 Å². The van der Waals surface area contributed by atoms with Gasteiger partial charge >= 0.3 is 5.97 Å². The Morgan fingerprint density at radius 2 is 2.00 bits per heavy atom. The molecule has 0 aromatic heterocycles. The molecular formula is C19H18N2O7. The highest BCUT2D eigenvalue weighted by molar-refractivity contribution is 5.97. The van der Waals surface area contributed by atoms with Crippen molar-refractivity contribution in [2.45, 2.75) is 12.5 Å². The van der Waals surface area contributed by atoms with Crippen LogP contribution in [0.15, 0.2) is 48.5 Å². The smallest absolute Gasteiger partial charge is 0.306 e. The largest absolute Gasteiger partial charge is 0.481 e. The summed E-state index contributed by atoms with van der Waals surface area (Å²) in [6, 6.07) is 12.6. The highest BCUT2D eigenvalue weighted by Crippen LogP contribution is 2.30. The number of nitro benzene ring substituents is 1. The van der Waals surface area contributed by atoms with Crippen molar-refractivity contribution in [2.75, 3.05) is 19.7 Å². The topological polar surface area (TPSA) is 119 Å². The standard InChI is InChI=1S/C19H18N2O7/c22-18(23)11-15-12-20(8-9-27-15)19(24)16-10-13(21(25)26)6-7-17(16)28-14-4-2-1-3-5-14/h1-7,10,15H,8-9,11-12H2,(H,22,23). The second kappa shape index (κ2) is 8.49. The fraction of sp³-hybridized carbons (Fsp3) is 0.263. The van der Waals surface area contributed by atoms with E-state index in [9.17, 15) is 19.7 Å². The molecule has 0 aliphatic carbocycles. The number of carbonyl (C=O) groups excluding carboxylic acids is 1. The fourth-order valence-electron chi connectivity index (χ4n) is 2.90. The molecule has 2 aromatic carbocycles. The van der Waals surface area contributed by atoms with Gasteiger partial charge in [0.1, 0.15) is 11.5 Å². The van der Waals surface area contributed by atoms with Crippen LogP contribution >= 0.6 is 0 Å². The number of nitro groups is 1. The molecule has 9 heteroatoms. The minimum Gasteiger partial charge on any atom is -0.481 e. The highest BCUT2D eigenvalue weighted by atomic mass is 16.6. The number of carbonyl (C=O) groups is 2. The monoisotopic (exact) mass is 386 g/mol. The van der Waals surface area contributed by atoms with Crippen LogP contribution in [0.2, 0.25) is 0 Å². The van der Waals surface area contributed by atoms with Crippen molar-refractivity contribution in [3.05, 3.63) is 64.2 Å². The zero-order valence-electron chi connectivity index (χ0n) is 14.8. The molecule has 1 aliphatic heterocycles. The van der Waals surface area contributed by atoms with Gasteiger partial charge in [-0.25, -0.2) is 0 Å². The molecule has 1 saturated heterocycles. The molecule has 9 nitrogen and oxygen atoms in total. The van der Waals surface area contributed by atoms with Crippen LogP contribution in [0, 0.1) is 10.1 Å². The number of aliphatic carboxylic acids is 1. The van der Waals surface area contributed by atoms with Crippen LogP contribution in [0.4, 0.5) is 5.69 Å². The number of ether oxygens (including phenoxy) is 2. The van der Waals surface area contributed by atoms with Crippen LogP contribution in [-0.2, 0) is 9.53 Å². The number of rotatable bonds is 6. The van der Waals surface area contributed by atoms with Crippen LogP contribution in [0.25, 0.3) is 0 Å². The summed E-state index contributed by atoms with van der Waals surface area (Å²) in [4.78, 5) is 35.9. The molecular weight excluding hydrogens is 368 g/mol. The summed E-state index contributed by atoms with van der Waals surface area (Å²) < 4.78 is 11.1. The predicted octanol–water partition coefficient (Wildman–Crippen LogP) is 2.70. The zero-order valence-corrected chi connectivity index (χ0v) is 14.8. The van der Waals surface area contributed by atoms with Crippen molar-refractivity contribution in [2.24, 2.45) is 0 Å². The van der Waals surface area contributed by atoms with Gasteiger partial charge < -0.3 is 19.5 Å². The average molecular weight is 386 g/mol. The second-order valence-electron chi connectivity index (χ2n) is 6.19. The Morgan fingerprint density at radius 1 is 1.25 bits per heavy atom. The lowest BCUT2D eigenvalue weighted by Crippen LogP contribution is -2.46. The van der Waals surface area contributed by atoms with E-state index in [2.05, 4.69) is 0 Å². The number of hydrogen-bond acceptors (Lipinski definition) is 6. The minimum absolute atomic E-state index is 0.0361. The number of carboxylic acid groups (broad SMARTS) is 1. The van der Waals surface area contributed by atoms with E-state index in [0.717, 1.165) is 0 Å². The highest BCUT2D eigenvalue weighted by Gasteiger charge is 2.29. The van der Waals surface area contributed by atoms with Crippen LogP contribution in [-0.4, -0.2) is 52.6 Å².